The molecule has 1 aromatic heterocycles. The molecular weight excluding hydrogens is 242 g/mol. The smallest absolute Gasteiger partial charge is 0.285 e. The Kier molecular flexibility index (Phi) is 3.80. The highest BCUT2D eigenvalue weighted by molar-refractivity contribution is 5.97. The molecule has 2 unspecified atom stereocenters. The van der Waals surface area contributed by atoms with Gasteiger partial charge in [0.15, 0.2) is 5.69 Å². The number of nitrogens with one attached hydrogen (secondary N) is 1. The van der Waals surface area contributed by atoms with Crippen LogP contribution in [0, 0.1) is 6.92 Å². The van der Waals surface area contributed by atoms with E-state index >= 15 is 0 Å². The van der Waals surface area contributed by atoms with Crippen molar-refractivity contribution in [2.24, 2.45) is 7.05 Å². The van der Waals surface area contributed by atoms with Crippen molar-refractivity contribution in [1.82, 2.24) is 20.2 Å². The molecule has 1 aliphatic heterocycles. The lowest BCUT2D eigenvalue weighted by Crippen LogP contribution is -2.54. The van der Waals surface area contributed by atoms with E-state index < -0.39 is 0 Å². The van der Waals surface area contributed by atoms with Crippen molar-refractivity contribution in [2.45, 2.75) is 52.1 Å². The number of aryl methyl sites for hydroxylation is 2. The predicted molar refractivity (Wildman–Crippen MR) is 74.4 cm³/mol. The van der Waals surface area contributed by atoms with E-state index in [4.69, 9.17) is 5.73 Å². The van der Waals surface area contributed by atoms with Crippen molar-refractivity contribution >= 4 is 11.6 Å². The van der Waals surface area contributed by atoms with Gasteiger partial charge < -0.3 is 5.73 Å². The van der Waals surface area contributed by atoms with Gasteiger partial charge in [-0.1, -0.05) is 6.42 Å². The normalized spacial score (nSPS) is 24.4. The summed E-state index contributed by atoms with van der Waals surface area (Å²) in [6.45, 7) is 6.07. The largest absolute Gasteiger partial charge is 0.395 e. The van der Waals surface area contributed by atoms with Gasteiger partial charge in [0.05, 0.1) is 11.4 Å². The topological polar surface area (TPSA) is 76.2 Å². The highest BCUT2D eigenvalue weighted by Crippen LogP contribution is 2.21. The van der Waals surface area contributed by atoms with E-state index in [-0.39, 0.29) is 5.91 Å². The van der Waals surface area contributed by atoms with Crippen molar-refractivity contribution in [3.8, 4) is 0 Å². The van der Waals surface area contributed by atoms with Gasteiger partial charge in [0.2, 0.25) is 0 Å². The van der Waals surface area contributed by atoms with Crippen LogP contribution in [0.2, 0.25) is 0 Å². The molecule has 106 valence electrons. The number of nitrogens with zero attached hydrogens (tertiary/aromatic N) is 3. The fourth-order valence-electron chi connectivity index (χ4n) is 2.76. The molecule has 2 heterocycles. The number of amides is 1. The van der Waals surface area contributed by atoms with Crippen molar-refractivity contribution in [3.63, 3.8) is 0 Å². The summed E-state index contributed by atoms with van der Waals surface area (Å²) < 4.78 is 1.54. The number of rotatable bonds is 2. The van der Waals surface area contributed by atoms with Gasteiger partial charge in [-0.15, -0.1) is 0 Å². The SMILES string of the molecule is Cc1nn(C)c(C(=O)NN2C(C)CCCC2C)c1N. The van der Waals surface area contributed by atoms with Crippen LogP contribution < -0.4 is 11.2 Å². The van der Waals surface area contributed by atoms with Crippen LogP contribution in [0.25, 0.3) is 0 Å². The lowest BCUT2D eigenvalue weighted by Gasteiger charge is -2.38. The van der Waals surface area contributed by atoms with Gasteiger partial charge in [-0.25, -0.2) is 5.01 Å². The minimum absolute atomic E-state index is 0.179. The number of anilines is 1. The molecule has 0 spiro atoms. The predicted octanol–water partition coefficient (Wildman–Crippen LogP) is 1.22. The molecule has 1 aromatic rings. The third kappa shape index (κ3) is 2.58. The molecule has 1 amide bonds. The summed E-state index contributed by atoms with van der Waals surface area (Å²) in [6.07, 6.45) is 3.41. The van der Waals surface area contributed by atoms with Crippen molar-refractivity contribution in [3.05, 3.63) is 11.4 Å². The van der Waals surface area contributed by atoms with Crippen LogP contribution in [0.15, 0.2) is 0 Å². The number of hydrogen-bond donors (Lipinski definition) is 2. The summed E-state index contributed by atoms with van der Waals surface area (Å²) in [4.78, 5) is 12.4. The maximum atomic E-state index is 12.4. The number of hydrazine groups is 1. The summed E-state index contributed by atoms with van der Waals surface area (Å²) >= 11 is 0. The van der Waals surface area contributed by atoms with Gasteiger partial charge in [-0.2, -0.15) is 5.10 Å². The quantitative estimate of drug-likeness (QED) is 0.843. The van der Waals surface area contributed by atoms with E-state index in [9.17, 15) is 4.79 Å². The Balaban J connectivity index is 2.16. The first kappa shape index (κ1) is 13.9. The van der Waals surface area contributed by atoms with E-state index in [1.54, 1.807) is 18.7 Å². The first-order valence-electron chi connectivity index (χ1n) is 6.80. The molecule has 1 aliphatic rings. The number of hydrogen-bond acceptors (Lipinski definition) is 4. The molecule has 0 aliphatic carbocycles. The Labute approximate surface area is 113 Å². The van der Waals surface area contributed by atoms with Gasteiger partial charge in [0.1, 0.15) is 0 Å². The van der Waals surface area contributed by atoms with E-state index in [1.807, 2.05) is 5.01 Å². The van der Waals surface area contributed by atoms with Crippen molar-refractivity contribution in [1.29, 1.82) is 0 Å². The van der Waals surface area contributed by atoms with Crippen LogP contribution in [0.5, 0.6) is 0 Å². The Morgan fingerprint density at radius 2 is 1.95 bits per heavy atom. The third-order valence-corrected chi connectivity index (χ3v) is 3.91. The number of aromatic nitrogens is 2. The molecule has 2 atom stereocenters. The van der Waals surface area contributed by atoms with Crippen molar-refractivity contribution in [2.75, 3.05) is 5.73 Å². The van der Waals surface area contributed by atoms with Gasteiger partial charge in [0, 0.05) is 19.1 Å². The minimum Gasteiger partial charge on any atom is -0.395 e. The fourth-order valence-corrected chi connectivity index (χ4v) is 2.76. The molecule has 19 heavy (non-hydrogen) atoms. The molecule has 0 aromatic carbocycles. The standard InChI is InChI=1S/C13H23N5O/c1-8-6-5-7-9(2)18(8)16-13(19)12-11(14)10(3)15-17(12)4/h8-9H,5-7,14H2,1-4H3,(H,16,19). The highest BCUT2D eigenvalue weighted by atomic mass is 16.2. The van der Waals surface area contributed by atoms with Gasteiger partial charge >= 0.3 is 0 Å². The summed E-state index contributed by atoms with van der Waals surface area (Å²) in [5, 5.41) is 6.21. The molecule has 0 saturated carbocycles. The Hall–Kier alpha value is -1.56. The zero-order valence-corrected chi connectivity index (χ0v) is 12.1. The minimum atomic E-state index is -0.179. The summed E-state index contributed by atoms with van der Waals surface area (Å²) in [5.41, 5.74) is 10.5. The highest BCUT2D eigenvalue weighted by Gasteiger charge is 2.28. The molecule has 2 rings (SSSR count). The molecule has 1 fully saturated rings. The molecule has 3 N–H and O–H groups in total. The number of carbonyl (C=O) groups is 1. The fraction of sp³-hybridized carbons (Fsp3) is 0.692. The first-order valence-corrected chi connectivity index (χ1v) is 6.80. The first-order chi connectivity index (χ1) is 8.91. The lowest BCUT2D eigenvalue weighted by atomic mass is 10.00. The zero-order valence-electron chi connectivity index (χ0n) is 12.1. The molecular formula is C13H23N5O. The Bertz CT molecular complexity index is 472. The van der Waals surface area contributed by atoms with E-state index in [2.05, 4.69) is 24.4 Å². The van der Waals surface area contributed by atoms with Crippen LogP contribution in [0.4, 0.5) is 5.69 Å². The Morgan fingerprint density at radius 1 is 1.37 bits per heavy atom. The number of nitrogen functional groups attached to an aromatic ring is 1. The number of carbonyl (C=O) groups excluding carboxylic acids is 1. The molecule has 0 bridgehead atoms. The van der Waals surface area contributed by atoms with E-state index in [0.717, 1.165) is 12.8 Å². The average molecular weight is 265 g/mol. The van der Waals surface area contributed by atoms with Gasteiger partial charge in [-0.3, -0.25) is 14.9 Å². The molecule has 6 heteroatoms. The maximum absolute atomic E-state index is 12.4. The van der Waals surface area contributed by atoms with Crippen LogP contribution in [0.3, 0.4) is 0 Å². The third-order valence-electron chi connectivity index (χ3n) is 3.91. The second-order valence-electron chi connectivity index (χ2n) is 5.45. The van der Waals surface area contributed by atoms with Crippen molar-refractivity contribution < 1.29 is 4.79 Å². The maximum Gasteiger partial charge on any atom is 0.285 e. The zero-order chi connectivity index (χ0) is 14.2. The van der Waals surface area contributed by atoms with Gasteiger partial charge in [0.25, 0.3) is 5.91 Å². The van der Waals surface area contributed by atoms with Crippen LogP contribution in [-0.2, 0) is 7.05 Å². The summed E-state index contributed by atoms with van der Waals surface area (Å²) in [5.74, 6) is -0.179. The second kappa shape index (κ2) is 5.21. The number of nitrogens with two attached hydrogens (primary N) is 1. The van der Waals surface area contributed by atoms with E-state index in [0.29, 0.717) is 29.2 Å². The molecule has 0 radical (unpaired) electrons. The summed E-state index contributed by atoms with van der Waals surface area (Å²) in [7, 11) is 1.74. The number of piperidine rings is 1. The van der Waals surface area contributed by atoms with Crippen LogP contribution in [0.1, 0.15) is 49.3 Å². The summed E-state index contributed by atoms with van der Waals surface area (Å²) in [6, 6.07) is 0.700. The van der Waals surface area contributed by atoms with E-state index in [1.165, 1.54) is 6.42 Å². The molecule has 6 nitrogen and oxygen atoms in total. The van der Waals surface area contributed by atoms with Crippen LogP contribution in [-0.4, -0.2) is 32.8 Å². The van der Waals surface area contributed by atoms with Crippen LogP contribution >= 0.6 is 0 Å². The van der Waals surface area contributed by atoms with Gasteiger partial charge in [-0.05, 0) is 33.6 Å². The molecule has 1 saturated heterocycles. The second-order valence-corrected chi connectivity index (χ2v) is 5.45. The average Bonchev–Trinajstić information content (AvgIpc) is 2.58. The lowest BCUT2D eigenvalue weighted by molar-refractivity contribution is 0.0364. The Morgan fingerprint density at radius 3 is 2.42 bits per heavy atom. The monoisotopic (exact) mass is 265 g/mol.